The molecule has 2 N–H and O–H groups in total. The maximum Gasteiger partial charge on any atom is 0.414 e. The normalized spacial score (nSPS) is 21.1. The Hall–Kier alpha value is -1.82. The predicted molar refractivity (Wildman–Crippen MR) is 80.5 cm³/mol. The highest BCUT2D eigenvalue weighted by molar-refractivity contribution is 5.90. The van der Waals surface area contributed by atoms with Crippen molar-refractivity contribution in [3.63, 3.8) is 0 Å². The molecule has 21 heavy (non-hydrogen) atoms. The van der Waals surface area contributed by atoms with Gasteiger partial charge in [0.2, 0.25) is 5.88 Å². The fourth-order valence-corrected chi connectivity index (χ4v) is 2.60. The number of carbonyl (C=O) groups is 1. The second kappa shape index (κ2) is 6.30. The largest absolute Gasteiger partial charge is 0.481 e. The molecule has 1 aromatic rings. The van der Waals surface area contributed by atoms with Gasteiger partial charge in [0.05, 0.1) is 30.6 Å². The predicted octanol–water partition coefficient (Wildman–Crippen LogP) is 2.62. The lowest BCUT2D eigenvalue weighted by molar-refractivity contribution is 0.119. The van der Waals surface area contributed by atoms with E-state index in [4.69, 9.17) is 15.2 Å². The number of methoxy groups -OCH3 is 1. The van der Waals surface area contributed by atoms with Crippen LogP contribution in [0.1, 0.15) is 45.3 Å². The quantitative estimate of drug-likeness (QED) is 0.927. The van der Waals surface area contributed by atoms with Gasteiger partial charge in [-0.15, -0.1) is 0 Å². The number of nitrogens with zero attached hydrogens (tertiary/aromatic N) is 2. The molecule has 0 spiro atoms. The maximum absolute atomic E-state index is 12.4. The summed E-state index contributed by atoms with van der Waals surface area (Å²) in [7, 11) is 1.56. The van der Waals surface area contributed by atoms with Crippen molar-refractivity contribution in [3.8, 4) is 5.88 Å². The van der Waals surface area contributed by atoms with Crippen LogP contribution in [0, 0.1) is 0 Å². The summed E-state index contributed by atoms with van der Waals surface area (Å²) in [6.45, 7) is 5.71. The van der Waals surface area contributed by atoms with Crippen molar-refractivity contribution in [1.29, 1.82) is 0 Å². The molecule has 6 nitrogen and oxygen atoms in total. The minimum Gasteiger partial charge on any atom is -0.481 e. The summed E-state index contributed by atoms with van der Waals surface area (Å²) in [5.41, 5.74) is 7.60. The van der Waals surface area contributed by atoms with Crippen LogP contribution in [0.3, 0.4) is 0 Å². The summed E-state index contributed by atoms with van der Waals surface area (Å²) in [6.07, 6.45) is 0.959. The van der Waals surface area contributed by atoms with E-state index in [-0.39, 0.29) is 24.3 Å². The first-order valence-electron chi connectivity index (χ1n) is 7.28. The third-order valence-corrected chi connectivity index (χ3v) is 3.59. The molecule has 0 aliphatic carbocycles. The number of amides is 1. The van der Waals surface area contributed by atoms with E-state index in [1.807, 2.05) is 26.8 Å². The molecular formula is C15H23N3O3. The average Bonchev–Trinajstić information content (AvgIpc) is 2.45. The smallest absolute Gasteiger partial charge is 0.414 e. The van der Waals surface area contributed by atoms with Crippen molar-refractivity contribution < 1.29 is 14.3 Å². The lowest BCUT2D eigenvalue weighted by atomic mass is 9.94. The highest BCUT2D eigenvalue weighted by Crippen LogP contribution is 2.37. The van der Waals surface area contributed by atoms with Crippen LogP contribution < -0.4 is 15.4 Å². The van der Waals surface area contributed by atoms with E-state index < -0.39 is 0 Å². The molecule has 1 aliphatic heterocycles. The van der Waals surface area contributed by atoms with Gasteiger partial charge in [-0.05, 0) is 32.8 Å². The van der Waals surface area contributed by atoms with Crippen molar-refractivity contribution in [2.24, 2.45) is 5.73 Å². The third-order valence-electron chi connectivity index (χ3n) is 3.59. The number of aromatic nitrogens is 1. The maximum atomic E-state index is 12.4. The molecule has 0 saturated carbocycles. The van der Waals surface area contributed by atoms with Crippen LogP contribution in [0.15, 0.2) is 12.1 Å². The standard InChI is InChI=1S/C15H23N3O3/c1-5-10-8-11(16)14-12(6-7-13(17-14)20-4)18(10)15(19)21-9(2)3/h6-7,9-11H,5,8,16H2,1-4H3. The Balaban J connectivity index is 2.42. The minimum atomic E-state index is -0.350. The number of pyridine rings is 1. The van der Waals surface area contributed by atoms with E-state index in [9.17, 15) is 4.79 Å². The van der Waals surface area contributed by atoms with Crippen LogP contribution in [0.25, 0.3) is 0 Å². The summed E-state index contributed by atoms with van der Waals surface area (Å²) in [6, 6.07) is 3.38. The van der Waals surface area contributed by atoms with Gasteiger partial charge in [0.15, 0.2) is 0 Å². The molecule has 1 amide bonds. The van der Waals surface area contributed by atoms with Crippen LogP contribution in [-0.4, -0.2) is 30.3 Å². The van der Waals surface area contributed by atoms with Crippen molar-refractivity contribution in [2.45, 2.75) is 51.8 Å². The van der Waals surface area contributed by atoms with Crippen molar-refractivity contribution in [3.05, 3.63) is 17.8 Å². The number of hydrogen-bond acceptors (Lipinski definition) is 5. The van der Waals surface area contributed by atoms with Gasteiger partial charge in [-0.25, -0.2) is 9.78 Å². The SMILES string of the molecule is CCC1CC(N)c2nc(OC)ccc2N1C(=O)OC(C)C. The Kier molecular flexibility index (Phi) is 4.67. The van der Waals surface area contributed by atoms with Crippen molar-refractivity contribution in [1.82, 2.24) is 4.98 Å². The molecule has 0 bridgehead atoms. The molecule has 0 aromatic carbocycles. The average molecular weight is 293 g/mol. The number of anilines is 1. The van der Waals surface area contributed by atoms with Gasteiger partial charge >= 0.3 is 6.09 Å². The molecule has 116 valence electrons. The number of ether oxygens (including phenoxy) is 2. The van der Waals surface area contributed by atoms with E-state index >= 15 is 0 Å². The third kappa shape index (κ3) is 3.10. The molecule has 1 aliphatic rings. The van der Waals surface area contributed by atoms with E-state index in [1.54, 1.807) is 18.1 Å². The summed E-state index contributed by atoms with van der Waals surface area (Å²) in [5, 5.41) is 0. The van der Waals surface area contributed by atoms with Crippen LogP contribution in [0.4, 0.5) is 10.5 Å². The van der Waals surface area contributed by atoms with Crippen LogP contribution in [0.5, 0.6) is 5.88 Å². The Bertz CT molecular complexity index is 519. The summed E-state index contributed by atoms with van der Waals surface area (Å²) in [4.78, 5) is 18.5. The lowest BCUT2D eigenvalue weighted by Gasteiger charge is -2.38. The van der Waals surface area contributed by atoms with Gasteiger partial charge in [0.1, 0.15) is 0 Å². The van der Waals surface area contributed by atoms with Gasteiger partial charge in [-0.3, -0.25) is 4.90 Å². The molecule has 2 heterocycles. The van der Waals surface area contributed by atoms with Gasteiger partial charge in [-0.1, -0.05) is 6.92 Å². The van der Waals surface area contributed by atoms with E-state index in [0.717, 1.165) is 6.42 Å². The van der Waals surface area contributed by atoms with E-state index in [0.29, 0.717) is 23.7 Å². The van der Waals surface area contributed by atoms with Crippen LogP contribution >= 0.6 is 0 Å². The van der Waals surface area contributed by atoms with E-state index in [1.165, 1.54) is 0 Å². The second-order valence-corrected chi connectivity index (χ2v) is 5.46. The topological polar surface area (TPSA) is 77.7 Å². The zero-order valence-corrected chi connectivity index (χ0v) is 13.0. The summed E-state index contributed by atoms with van der Waals surface area (Å²) in [5.74, 6) is 0.497. The zero-order valence-electron chi connectivity index (χ0n) is 13.0. The first kappa shape index (κ1) is 15.6. The first-order valence-corrected chi connectivity index (χ1v) is 7.28. The fraction of sp³-hybridized carbons (Fsp3) is 0.600. The number of hydrogen-bond donors (Lipinski definition) is 1. The van der Waals surface area contributed by atoms with Crippen molar-refractivity contribution in [2.75, 3.05) is 12.0 Å². The van der Waals surface area contributed by atoms with Crippen LogP contribution in [0.2, 0.25) is 0 Å². The molecule has 2 atom stereocenters. The van der Waals surface area contributed by atoms with Gasteiger partial charge in [0.25, 0.3) is 0 Å². The fourth-order valence-electron chi connectivity index (χ4n) is 2.60. The second-order valence-electron chi connectivity index (χ2n) is 5.46. The molecule has 0 fully saturated rings. The first-order chi connectivity index (χ1) is 9.97. The monoisotopic (exact) mass is 293 g/mol. The number of carbonyl (C=O) groups excluding carboxylic acids is 1. The lowest BCUT2D eigenvalue weighted by Crippen LogP contribution is -2.47. The van der Waals surface area contributed by atoms with Gasteiger partial charge < -0.3 is 15.2 Å². The molecule has 1 aromatic heterocycles. The number of nitrogens with two attached hydrogens (primary N) is 1. The molecule has 0 saturated heterocycles. The zero-order chi connectivity index (χ0) is 15.6. The van der Waals surface area contributed by atoms with Crippen molar-refractivity contribution >= 4 is 11.8 Å². The Morgan fingerprint density at radius 3 is 2.81 bits per heavy atom. The summed E-state index contributed by atoms with van der Waals surface area (Å²) < 4.78 is 10.5. The highest BCUT2D eigenvalue weighted by atomic mass is 16.6. The van der Waals surface area contributed by atoms with Crippen LogP contribution in [-0.2, 0) is 4.74 Å². The molecule has 2 unspecified atom stereocenters. The molecule has 0 radical (unpaired) electrons. The van der Waals surface area contributed by atoms with Gasteiger partial charge in [-0.2, -0.15) is 0 Å². The van der Waals surface area contributed by atoms with Gasteiger partial charge in [0, 0.05) is 12.1 Å². The highest BCUT2D eigenvalue weighted by Gasteiger charge is 2.36. The number of fused-ring (bicyclic) bond motifs is 1. The summed E-state index contributed by atoms with van der Waals surface area (Å²) >= 11 is 0. The Labute approximate surface area is 125 Å². The van der Waals surface area contributed by atoms with E-state index in [2.05, 4.69) is 4.98 Å². The molecule has 2 rings (SSSR count). The minimum absolute atomic E-state index is 0.0222. The Morgan fingerprint density at radius 2 is 2.24 bits per heavy atom. The Morgan fingerprint density at radius 1 is 1.52 bits per heavy atom. The number of rotatable bonds is 3. The molecular weight excluding hydrogens is 270 g/mol. The molecule has 6 heteroatoms.